The molecule has 1 aromatic heterocycles. The van der Waals surface area contributed by atoms with Gasteiger partial charge in [-0.1, -0.05) is 60.2 Å². The van der Waals surface area contributed by atoms with Crippen molar-refractivity contribution >= 4 is 5.91 Å². The van der Waals surface area contributed by atoms with Gasteiger partial charge < -0.3 is 9.32 Å². The molecule has 1 N–H and O–H groups in total. The second-order valence-electron chi connectivity index (χ2n) is 6.90. The molecule has 2 aromatic carbocycles. The van der Waals surface area contributed by atoms with Crippen LogP contribution in [0.4, 0.5) is 0 Å². The summed E-state index contributed by atoms with van der Waals surface area (Å²) in [6.45, 7) is 4.70. The molecular weight excluding hydrogens is 336 g/mol. The van der Waals surface area contributed by atoms with Gasteiger partial charge in [0, 0.05) is 7.05 Å². The number of furan rings is 1. The summed E-state index contributed by atoms with van der Waals surface area (Å²) >= 11 is 0. The minimum Gasteiger partial charge on any atom is -0.464 e. The van der Waals surface area contributed by atoms with Crippen LogP contribution in [0.2, 0.25) is 0 Å². The molecule has 4 nitrogen and oxygen atoms in total. The third-order valence-corrected chi connectivity index (χ3v) is 4.62. The first-order valence-electron chi connectivity index (χ1n) is 9.17. The standard InChI is InChI=1S/C23H26N2O2/c1-17-9-12-20(13-10-17)23(19-7-5-4-6-8-19)24-15-22(26)25(3)16-21-14-11-18(2)27-21/h4-14,23-24H,15-16H2,1-3H3. The summed E-state index contributed by atoms with van der Waals surface area (Å²) in [5, 5.41) is 3.42. The fourth-order valence-electron chi connectivity index (χ4n) is 3.05. The second kappa shape index (κ2) is 8.69. The van der Waals surface area contributed by atoms with E-state index in [1.165, 1.54) is 5.56 Å². The minimum atomic E-state index is -0.0324. The van der Waals surface area contributed by atoms with Gasteiger partial charge in [0.1, 0.15) is 11.5 Å². The smallest absolute Gasteiger partial charge is 0.236 e. The molecule has 27 heavy (non-hydrogen) atoms. The van der Waals surface area contributed by atoms with Gasteiger partial charge in [0.15, 0.2) is 0 Å². The molecule has 0 saturated carbocycles. The van der Waals surface area contributed by atoms with Crippen molar-refractivity contribution in [2.45, 2.75) is 26.4 Å². The van der Waals surface area contributed by atoms with E-state index in [4.69, 9.17) is 4.42 Å². The van der Waals surface area contributed by atoms with Crippen LogP contribution in [0.1, 0.15) is 34.3 Å². The molecule has 0 aliphatic heterocycles. The summed E-state index contributed by atoms with van der Waals surface area (Å²) < 4.78 is 5.57. The monoisotopic (exact) mass is 362 g/mol. The first-order valence-corrected chi connectivity index (χ1v) is 9.17. The molecule has 0 aliphatic rings. The third-order valence-electron chi connectivity index (χ3n) is 4.62. The molecule has 3 aromatic rings. The molecule has 0 radical (unpaired) electrons. The zero-order valence-electron chi connectivity index (χ0n) is 16.1. The Labute approximate surface area is 160 Å². The number of hydrogen-bond donors (Lipinski definition) is 1. The number of rotatable bonds is 7. The van der Waals surface area contributed by atoms with Crippen molar-refractivity contribution in [3.8, 4) is 0 Å². The summed E-state index contributed by atoms with van der Waals surface area (Å²) in [6.07, 6.45) is 0. The van der Waals surface area contributed by atoms with E-state index in [1.54, 1.807) is 11.9 Å². The highest BCUT2D eigenvalue weighted by Crippen LogP contribution is 2.22. The van der Waals surface area contributed by atoms with Gasteiger partial charge in [-0.3, -0.25) is 10.1 Å². The molecule has 0 aliphatic carbocycles. The van der Waals surface area contributed by atoms with E-state index in [0.717, 1.165) is 22.6 Å². The maximum absolute atomic E-state index is 12.6. The molecule has 1 amide bonds. The van der Waals surface area contributed by atoms with Crippen molar-refractivity contribution in [1.29, 1.82) is 0 Å². The Morgan fingerprint density at radius 1 is 0.963 bits per heavy atom. The average Bonchev–Trinajstić information content (AvgIpc) is 3.08. The molecule has 0 fully saturated rings. The van der Waals surface area contributed by atoms with Crippen molar-refractivity contribution in [1.82, 2.24) is 10.2 Å². The topological polar surface area (TPSA) is 45.5 Å². The molecule has 140 valence electrons. The molecule has 1 atom stereocenters. The van der Waals surface area contributed by atoms with E-state index in [-0.39, 0.29) is 18.5 Å². The van der Waals surface area contributed by atoms with Gasteiger partial charge in [0.25, 0.3) is 0 Å². The van der Waals surface area contributed by atoms with Gasteiger partial charge >= 0.3 is 0 Å². The van der Waals surface area contributed by atoms with Crippen LogP contribution in [0, 0.1) is 13.8 Å². The number of benzene rings is 2. The Morgan fingerprint density at radius 3 is 2.26 bits per heavy atom. The fourth-order valence-corrected chi connectivity index (χ4v) is 3.05. The van der Waals surface area contributed by atoms with E-state index >= 15 is 0 Å². The number of aryl methyl sites for hydroxylation is 2. The van der Waals surface area contributed by atoms with Crippen molar-refractivity contribution in [2.75, 3.05) is 13.6 Å². The maximum Gasteiger partial charge on any atom is 0.236 e. The zero-order valence-corrected chi connectivity index (χ0v) is 16.1. The second-order valence-corrected chi connectivity index (χ2v) is 6.90. The lowest BCUT2D eigenvalue weighted by Crippen LogP contribution is -2.37. The predicted octanol–water partition coefficient (Wildman–Crippen LogP) is 4.23. The summed E-state index contributed by atoms with van der Waals surface area (Å²) in [4.78, 5) is 14.3. The summed E-state index contributed by atoms with van der Waals surface area (Å²) in [6, 6.07) is 22.4. The molecule has 1 unspecified atom stereocenters. The molecule has 3 rings (SSSR count). The molecule has 4 heteroatoms. The lowest BCUT2D eigenvalue weighted by atomic mass is 9.98. The quantitative estimate of drug-likeness (QED) is 0.684. The highest BCUT2D eigenvalue weighted by Gasteiger charge is 2.17. The van der Waals surface area contributed by atoms with Crippen LogP contribution >= 0.6 is 0 Å². The summed E-state index contributed by atoms with van der Waals surface area (Å²) in [5.41, 5.74) is 3.50. The van der Waals surface area contributed by atoms with E-state index < -0.39 is 0 Å². The normalized spacial score (nSPS) is 12.0. The van der Waals surface area contributed by atoms with Crippen LogP contribution in [-0.2, 0) is 11.3 Å². The van der Waals surface area contributed by atoms with Gasteiger partial charge in [0.2, 0.25) is 5.91 Å². The van der Waals surface area contributed by atoms with Crippen LogP contribution in [-0.4, -0.2) is 24.4 Å². The third kappa shape index (κ3) is 5.08. The van der Waals surface area contributed by atoms with Crippen molar-refractivity contribution in [3.63, 3.8) is 0 Å². The van der Waals surface area contributed by atoms with Crippen LogP contribution in [0.25, 0.3) is 0 Å². The van der Waals surface area contributed by atoms with Crippen LogP contribution in [0.3, 0.4) is 0 Å². The highest BCUT2D eigenvalue weighted by atomic mass is 16.3. The van der Waals surface area contributed by atoms with Gasteiger partial charge in [-0.15, -0.1) is 0 Å². The Morgan fingerprint density at radius 2 is 1.63 bits per heavy atom. The van der Waals surface area contributed by atoms with Crippen molar-refractivity contribution < 1.29 is 9.21 Å². The number of carbonyl (C=O) groups excluding carboxylic acids is 1. The molecule has 0 saturated heterocycles. The average molecular weight is 362 g/mol. The van der Waals surface area contributed by atoms with Gasteiger partial charge in [-0.25, -0.2) is 0 Å². The van der Waals surface area contributed by atoms with E-state index in [1.807, 2.05) is 37.3 Å². The Hall–Kier alpha value is -2.85. The zero-order chi connectivity index (χ0) is 19.2. The highest BCUT2D eigenvalue weighted by molar-refractivity contribution is 5.78. The van der Waals surface area contributed by atoms with Crippen LogP contribution in [0.15, 0.2) is 71.1 Å². The van der Waals surface area contributed by atoms with Gasteiger partial charge in [0.05, 0.1) is 19.1 Å². The lowest BCUT2D eigenvalue weighted by molar-refractivity contribution is -0.129. The molecule has 0 spiro atoms. The number of likely N-dealkylation sites (N-methyl/N-ethyl adjacent to an activating group) is 1. The van der Waals surface area contributed by atoms with Crippen molar-refractivity contribution in [3.05, 3.63) is 94.9 Å². The van der Waals surface area contributed by atoms with E-state index in [9.17, 15) is 4.79 Å². The first kappa shape index (κ1) is 18.9. The maximum atomic E-state index is 12.6. The Kier molecular flexibility index (Phi) is 6.09. The van der Waals surface area contributed by atoms with Crippen molar-refractivity contribution in [2.24, 2.45) is 0 Å². The Balaban J connectivity index is 1.68. The summed E-state index contributed by atoms with van der Waals surface area (Å²) in [7, 11) is 1.80. The van der Waals surface area contributed by atoms with E-state index in [2.05, 4.69) is 48.6 Å². The SMILES string of the molecule is Cc1ccc(C(NCC(=O)N(C)Cc2ccc(C)o2)c2ccccc2)cc1. The number of hydrogen-bond acceptors (Lipinski definition) is 3. The largest absolute Gasteiger partial charge is 0.464 e. The lowest BCUT2D eigenvalue weighted by Gasteiger charge is -2.22. The number of nitrogens with zero attached hydrogens (tertiary/aromatic N) is 1. The number of nitrogens with one attached hydrogen (secondary N) is 1. The van der Waals surface area contributed by atoms with Crippen LogP contribution < -0.4 is 5.32 Å². The van der Waals surface area contributed by atoms with Gasteiger partial charge in [-0.2, -0.15) is 0 Å². The predicted molar refractivity (Wildman–Crippen MR) is 107 cm³/mol. The molecule has 0 bridgehead atoms. The van der Waals surface area contributed by atoms with Crippen LogP contribution in [0.5, 0.6) is 0 Å². The number of carbonyl (C=O) groups is 1. The van der Waals surface area contributed by atoms with Gasteiger partial charge in [-0.05, 0) is 37.1 Å². The fraction of sp³-hybridized carbons (Fsp3) is 0.261. The van der Waals surface area contributed by atoms with E-state index in [0.29, 0.717) is 6.54 Å². The number of amides is 1. The minimum absolute atomic E-state index is 0.0251. The summed E-state index contributed by atoms with van der Waals surface area (Å²) in [5.74, 6) is 1.67. The molecular formula is C23H26N2O2. The first-order chi connectivity index (χ1) is 13.0. The Bertz CT molecular complexity index is 869. The molecule has 1 heterocycles.